The first-order chi connectivity index (χ1) is 16.4. The van der Waals surface area contributed by atoms with Crippen LogP contribution in [0.2, 0.25) is 5.15 Å². The van der Waals surface area contributed by atoms with Gasteiger partial charge in [-0.2, -0.15) is 4.98 Å². The quantitative estimate of drug-likeness (QED) is 0.300. The van der Waals surface area contributed by atoms with E-state index in [0.29, 0.717) is 35.2 Å². The Hall–Kier alpha value is -2.28. The lowest BCUT2D eigenvalue weighted by Crippen LogP contribution is -2.63. The van der Waals surface area contributed by atoms with Crippen molar-refractivity contribution in [1.82, 2.24) is 14.9 Å². The van der Waals surface area contributed by atoms with Crippen molar-refractivity contribution in [2.45, 2.75) is 70.0 Å². The number of hydrogen-bond donors (Lipinski definition) is 0. The first-order valence-electron chi connectivity index (χ1n) is 12.2. The molecule has 1 aromatic heterocycles. The van der Waals surface area contributed by atoms with Crippen molar-refractivity contribution in [3.05, 3.63) is 53.1 Å². The molecule has 1 amide bonds. The molecule has 4 aliphatic rings. The number of benzene rings is 1. The molecule has 34 heavy (non-hydrogen) atoms. The van der Waals surface area contributed by atoms with Crippen LogP contribution in [-0.2, 0) is 4.79 Å². The number of alkyl halides is 1. The van der Waals surface area contributed by atoms with Gasteiger partial charge in [0, 0.05) is 24.5 Å². The zero-order valence-electron chi connectivity index (χ0n) is 19.2. The molecule has 6 rings (SSSR count). The van der Waals surface area contributed by atoms with Gasteiger partial charge in [-0.25, -0.2) is 13.8 Å². The minimum atomic E-state index is -1.05. The van der Waals surface area contributed by atoms with Gasteiger partial charge in [-0.15, -0.1) is 0 Å². The van der Waals surface area contributed by atoms with Gasteiger partial charge < -0.3 is 9.64 Å². The molecular weight excluding hydrogens is 460 g/mol. The van der Waals surface area contributed by atoms with Gasteiger partial charge in [0.2, 0.25) is 5.91 Å². The summed E-state index contributed by atoms with van der Waals surface area (Å²) in [4.78, 5) is 22.6. The second-order valence-electron chi connectivity index (χ2n) is 10.5. The summed E-state index contributed by atoms with van der Waals surface area (Å²) in [5.41, 5.74) is 1.39. The van der Waals surface area contributed by atoms with Crippen molar-refractivity contribution in [1.29, 1.82) is 0 Å². The van der Waals surface area contributed by atoms with Gasteiger partial charge in [-0.1, -0.05) is 36.6 Å². The Morgan fingerprint density at radius 3 is 2.76 bits per heavy atom. The van der Waals surface area contributed by atoms with E-state index in [1.165, 1.54) is 37.8 Å². The third-order valence-corrected chi connectivity index (χ3v) is 7.97. The van der Waals surface area contributed by atoms with Crippen molar-refractivity contribution in [2.24, 2.45) is 10.8 Å². The third-order valence-electron chi connectivity index (χ3n) is 7.76. The summed E-state index contributed by atoms with van der Waals surface area (Å²) < 4.78 is 33.4. The van der Waals surface area contributed by atoms with Crippen LogP contribution in [0.4, 0.5) is 8.78 Å². The van der Waals surface area contributed by atoms with E-state index in [-0.39, 0.29) is 36.1 Å². The molecule has 2 atom stereocenters. The largest absolute Gasteiger partial charge is 0.463 e. The number of carbonyl (C=O) groups is 1. The summed E-state index contributed by atoms with van der Waals surface area (Å²) >= 11 is 5.88. The molecule has 2 unspecified atom stereocenters. The van der Waals surface area contributed by atoms with Crippen LogP contribution < -0.4 is 4.74 Å². The Morgan fingerprint density at radius 1 is 1.18 bits per heavy atom. The monoisotopic (exact) mass is 489 g/mol. The number of ether oxygens (including phenoxy) is 1. The maximum Gasteiger partial charge on any atom is 0.317 e. The van der Waals surface area contributed by atoms with E-state index in [0.717, 1.165) is 19.3 Å². The lowest BCUT2D eigenvalue weighted by atomic mass is 9.34. The van der Waals surface area contributed by atoms with E-state index in [4.69, 9.17) is 16.3 Å². The van der Waals surface area contributed by atoms with Crippen molar-refractivity contribution >= 4 is 17.5 Å². The van der Waals surface area contributed by atoms with Gasteiger partial charge in [0.15, 0.2) is 0 Å². The molecule has 3 saturated carbocycles. The molecule has 5 nitrogen and oxygen atoms in total. The van der Waals surface area contributed by atoms with Gasteiger partial charge in [0.25, 0.3) is 0 Å². The zero-order chi connectivity index (χ0) is 23.8. The number of carbonyl (C=O) groups excluding carboxylic acids is 1. The predicted molar refractivity (Wildman–Crippen MR) is 125 cm³/mol. The van der Waals surface area contributed by atoms with Crippen molar-refractivity contribution < 1.29 is 18.3 Å². The second-order valence-corrected chi connectivity index (χ2v) is 10.9. The minimum Gasteiger partial charge on any atom is -0.463 e. The molecular formula is C26H30ClF2N3O2. The van der Waals surface area contributed by atoms with Crippen molar-refractivity contribution in [3.8, 4) is 6.01 Å². The highest BCUT2D eigenvalue weighted by atomic mass is 35.5. The number of rotatable bonds is 10. The molecule has 1 aromatic carbocycles. The van der Waals surface area contributed by atoms with Crippen LogP contribution in [0.25, 0.3) is 0 Å². The molecule has 1 aliphatic heterocycles. The summed E-state index contributed by atoms with van der Waals surface area (Å²) in [6.07, 6.45) is 8.82. The lowest BCUT2D eigenvalue weighted by molar-refractivity contribution is -0.223. The van der Waals surface area contributed by atoms with E-state index in [1.54, 1.807) is 29.3 Å². The Bertz CT molecular complexity index is 1030. The number of likely N-dealkylation sites (tertiary alicyclic amines) is 1. The lowest BCUT2D eigenvalue weighted by Gasteiger charge is -2.71. The van der Waals surface area contributed by atoms with E-state index in [2.05, 4.69) is 9.97 Å². The summed E-state index contributed by atoms with van der Waals surface area (Å²) in [5, 5.41) is 0.385. The fourth-order valence-electron chi connectivity index (χ4n) is 6.44. The van der Waals surface area contributed by atoms with Crippen LogP contribution >= 0.6 is 11.6 Å². The molecule has 182 valence electrons. The fraction of sp³-hybridized carbons (Fsp3) is 0.577. The molecule has 0 spiro atoms. The molecule has 3 aliphatic carbocycles. The fourth-order valence-corrected chi connectivity index (χ4v) is 6.57. The Balaban J connectivity index is 1.00. The number of hydrogen-bond acceptors (Lipinski definition) is 4. The van der Waals surface area contributed by atoms with Crippen molar-refractivity contribution in [3.63, 3.8) is 0 Å². The number of nitrogens with zero attached hydrogens (tertiary/aromatic N) is 3. The maximum atomic E-state index is 14.1. The Labute approximate surface area is 203 Å². The number of unbranched alkanes of at least 4 members (excludes halogenated alkanes) is 2. The highest BCUT2D eigenvalue weighted by Gasteiger charge is 2.67. The predicted octanol–water partition coefficient (Wildman–Crippen LogP) is 6.08. The smallest absolute Gasteiger partial charge is 0.317 e. The molecule has 0 radical (unpaired) electrons. The maximum absolute atomic E-state index is 14.1. The van der Waals surface area contributed by atoms with E-state index < -0.39 is 6.17 Å². The van der Waals surface area contributed by atoms with E-state index >= 15 is 0 Å². The summed E-state index contributed by atoms with van der Waals surface area (Å²) in [6, 6.07) is 7.77. The summed E-state index contributed by atoms with van der Waals surface area (Å²) in [7, 11) is 0. The van der Waals surface area contributed by atoms with E-state index in [1.807, 2.05) is 0 Å². The normalized spacial score (nSPS) is 29.4. The SMILES string of the molecule is O=C(CCCCCC12CC(COc3nccc(Cl)n3)(C1)C2)N1CC(F)CC1c1cccc(F)c1. The molecule has 2 aromatic rings. The molecule has 1 saturated heterocycles. The summed E-state index contributed by atoms with van der Waals surface area (Å²) in [5.74, 6) is -0.383. The van der Waals surface area contributed by atoms with Gasteiger partial charge >= 0.3 is 6.01 Å². The Morgan fingerprint density at radius 2 is 2.00 bits per heavy atom. The third kappa shape index (κ3) is 4.90. The second kappa shape index (κ2) is 9.40. The molecule has 2 heterocycles. The molecule has 4 fully saturated rings. The average molecular weight is 490 g/mol. The van der Waals surface area contributed by atoms with Crippen LogP contribution in [-0.4, -0.2) is 40.1 Å². The topological polar surface area (TPSA) is 55.3 Å². The average Bonchev–Trinajstić information content (AvgIpc) is 3.15. The highest BCUT2D eigenvalue weighted by Crippen LogP contribution is 2.75. The standard InChI is InChI=1S/C26H30ClF2N3O2/c27-22-8-10-30-24(31-22)34-17-26-14-25(15-26,16-26)9-3-1-2-7-23(33)32-13-20(29)12-21(32)18-5-4-6-19(28)11-18/h4-6,8,10-11,20-21H,1-3,7,9,12-17H2. The number of amides is 1. The molecule has 2 bridgehead atoms. The van der Waals surface area contributed by atoms with Gasteiger partial charge in [-0.05, 0) is 61.3 Å². The van der Waals surface area contributed by atoms with Crippen LogP contribution in [0, 0.1) is 16.6 Å². The summed E-state index contributed by atoms with van der Waals surface area (Å²) in [6.45, 7) is 0.745. The van der Waals surface area contributed by atoms with Gasteiger partial charge in [0.05, 0.1) is 19.2 Å². The van der Waals surface area contributed by atoms with Crippen molar-refractivity contribution in [2.75, 3.05) is 13.2 Å². The van der Waals surface area contributed by atoms with Gasteiger partial charge in [0.1, 0.15) is 17.1 Å². The van der Waals surface area contributed by atoms with Crippen LogP contribution in [0.1, 0.15) is 69.4 Å². The highest BCUT2D eigenvalue weighted by molar-refractivity contribution is 6.29. The molecule has 0 N–H and O–H groups in total. The zero-order valence-corrected chi connectivity index (χ0v) is 19.9. The number of halogens is 3. The van der Waals surface area contributed by atoms with E-state index in [9.17, 15) is 13.6 Å². The first kappa shape index (κ1) is 23.5. The van der Waals surface area contributed by atoms with Crippen LogP contribution in [0.15, 0.2) is 36.5 Å². The van der Waals surface area contributed by atoms with Gasteiger partial charge in [-0.3, -0.25) is 4.79 Å². The molecule has 8 heteroatoms. The Kier molecular flexibility index (Phi) is 6.49. The first-order valence-corrected chi connectivity index (χ1v) is 12.5. The minimum absolute atomic E-state index is 0.0285. The number of aromatic nitrogens is 2. The van der Waals surface area contributed by atoms with Crippen LogP contribution in [0.3, 0.4) is 0 Å². The van der Waals surface area contributed by atoms with Crippen LogP contribution in [0.5, 0.6) is 6.01 Å².